The molecule has 2 aromatic carbocycles. The average Bonchev–Trinajstić information content (AvgIpc) is 3.75. The molecule has 2 fully saturated rings. The zero-order chi connectivity index (χ0) is 33.5. The Hall–Kier alpha value is -3.45. The zero-order valence-corrected chi connectivity index (χ0v) is 29.3. The Labute approximate surface area is 285 Å². The van der Waals surface area contributed by atoms with E-state index in [0.717, 1.165) is 37.3 Å². The fourth-order valence-corrected chi connectivity index (χ4v) is 9.32. The standard InChI is InChI=1S/C34H46N4O7S2/c1-5-46-34(47-6-2)26-12-10-14-38(26)32(40)21-17-27(42-3)29(19-23(21)35)44-15-7-8-16-45-30-20-24-22(18-28(30)43-4)33(41)37-13-9-11-25(37)31(39)36-24/h17-20,25-26,34H,5-16,35H2,1-4H3,(H,36,39)/t25-,26-/m0/s1. The Morgan fingerprint density at radius 1 is 0.915 bits per heavy atom. The molecule has 0 bridgehead atoms. The Bertz CT molecular complexity index is 1450. The van der Waals surface area contributed by atoms with Gasteiger partial charge in [-0.1, -0.05) is 13.8 Å². The molecule has 2 atom stereocenters. The minimum atomic E-state index is -0.444. The Morgan fingerprint density at radius 3 is 2.21 bits per heavy atom. The number of ether oxygens (including phenoxy) is 4. The van der Waals surface area contributed by atoms with Crippen molar-refractivity contribution in [3.05, 3.63) is 35.4 Å². The molecule has 0 spiro atoms. The highest BCUT2D eigenvalue weighted by Crippen LogP contribution is 2.39. The lowest BCUT2D eigenvalue weighted by molar-refractivity contribution is -0.119. The Morgan fingerprint density at radius 2 is 1.55 bits per heavy atom. The first-order valence-electron chi connectivity index (χ1n) is 16.4. The number of rotatable bonds is 15. The molecule has 11 nitrogen and oxygen atoms in total. The molecule has 0 aliphatic carbocycles. The normalized spacial score (nSPS) is 18.9. The van der Waals surface area contributed by atoms with Gasteiger partial charge in [0, 0.05) is 30.9 Å². The van der Waals surface area contributed by atoms with Gasteiger partial charge in [-0.15, -0.1) is 23.5 Å². The van der Waals surface area contributed by atoms with Crippen molar-refractivity contribution in [2.45, 2.75) is 69.0 Å². The molecule has 256 valence electrons. The summed E-state index contributed by atoms with van der Waals surface area (Å²) in [5, 5.41) is 2.90. The van der Waals surface area contributed by atoms with E-state index in [2.05, 4.69) is 19.2 Å². The monoisotopic (exact) mass is 686 g/mol. The second-order valence-corrected chi connectivity index (χ2v) is 14.8. The predicted molar refractivity (Wildman–Crippen MR) is 187 cm³/mol. The van der Waals surface area contributed by atoms with E-state index in [1.807, 2.05) is 28.4 Å². The van der Waals surface area contributed by atoms with E-state index < -0.39 is 6.04 Å². The van der Waals surface area contributed by atoms with Crippen molar-refractivity contribution < 1.29 is 33.3 Å². The minimum absolute atomic E-state index is 0.0667. The number of fused-ring (bicyclic) bond motifs is 2. The van der Waals surface area contributed by atoms with Gasteiger partial charge in [0.2, 0.25) is 5.91 Å². The summed E-state index contributed by atoms with van der Waals surface area (Å²) in [6.45, 7) is 6.35. The first-order valence-corrected chi connectivity index (χ1v) is 18.5. The smallest absolute Gasteiger partial charge is 0.256 e. The van der Waals surface area contributed by atoms with Crippen LogP contribution in [0.5, 0.6) is 23.0 Å². The van der Waals surface area contributed by atoms with E-state index in [9.17, 15) is 14.4 Å². The summed E-state index contributed by atoms with van der Waals surface area (Å²) in [7, 11) is 3.08. The lowest BCUT2D eigenvalue weighted by Gasteiger charge is -2.31. The number of nitrogens with one attached hydrogen (secondary N) is 1. The lowest BCUT2D eigenvalue weighted by atomic mass is 10.1. The molecule has 0 saturated carbocycles. The van der Waals surface area contributed by atoms with Crippen LogP contribution in [0.1, 0.15) is 73.1 Å². The van der Waals surface area contributed by atoms with Crippen molar-refractivity contribution >= 4 is 52.6 Å². The van der Waals surface area contributed by atoms with Crippen LogP contribution in [0.2, 0.25) is 0 Å². The molecular formula is C34H46N4O7S2. The maximum absolute atomic E-state index is 13.7. The third-order valence-electron chi connectivity index (χ3n) is 8.76. The number of amides is 3. The molecule has 3 N–H and O–H groups in total. The topological polar surface area (TPSA) is 133 Å². The van der Waals surface area contributed by atoms with E-state index in [1.165, 1.54) is 7.11 Å². The summed E-state index contributed by atoms with van der Waals surface area (Å²) < 4.78 is 23.5. The number of benzene rings is 2. The summed E-state index contributed by atoms with van der Waals surface area (Å²) in [6.07, 6.45) is 4.78. The number of nitrogens with zero attached hydrogens (tertiary/aromatic N) is 2. The summed E-state index contributed by atoms with van der Waals surface area (Å²) in [5.41, 5.74) is 8.05. The minimum Gasteiger partial charge on any atom is -0.493 e. The molecule has 2 saturated heterocycles. The third-order valence-corrected chi connectivity index (χ3v) is 11.5. The molecule has 0 unspecified atom stereocenters. The van der Waals surface area contributed by atoms with E-state index in [-0.39, 0.29) is 23.8 Å². The number of unbranched alkanes of at least 4 members (excludes halogenated alkanes) is 1. The first-order chi connectivity index (χ1) is 22.8. The zero-order valence-electron chi connectivity index (χ0n) is 27.7. The Kier molecular flexibility index (Phi) is 11.9. The van der Waals surface area contributed by atoms with Gasteiger partial charge in [-0.05, 0) is 62.2 Å². The number of hydrogen-bond acceptors (Lipinski definition) is 10. The van der Waals surface area contributed by atoms with Crippen molar-refractivity contribution in [3.63, 3.8) is 0 Å². The van der Waals surface area contributed by atoms with Crippen LogP contribution in [-0.2, 0) is 4.79 Å². The maximum atomic E-state index is 13.7. The van der Waals surface area contributed by atoms with E-state index in [4.69, 9.17) is 24.7 Å². The third kappa shape index (κ3) is 7.66. The first kappa shape index (κ1) is 34.9. The van der Waals surface area contributed by atoms with Crippen molar-refractivity contribution in [1.82, 2.24) is 9.80 Å². The predicted octanol–water partition coefficient (Wildman–Crippen LogP) is 5.52. The molecule has 3 aliphatic rings. The van der Waals surface area contributed by atoms with Crippen LogP contribution in [-0.4, -0.2) is 96.2 Å². The highest BCUT2D eigenvalue weighted by Gasteiger charge is 2.39. The van der Waals surface area contributed by atoms with Crippen LogP contribution in [0.25, 0.3) is 0 Å². The second kappa shape index (κ2) is 16.1. The van der Waals surface area contributed by atoms with Gasteiger partial charge in [0.1, 0.15) is 6.04 Å². The molecule has 0 aromatic heterocycles. The highest BCUT2D eigenvalue weighted by molar-refractivity contribution is 8.17. The van der Waals surface area contributed by atoms with E-state index in [0.29, 0.717) is 89.1 Å². The largest absolute Gasteiger partial charge is 0.493 e. The molecular weight excluding hydrogens is 641 g/mol. The number of methoxy groups -OCH3 is 2. The quantitative estimate of drug-likeness (QED) is 0.140. The average molecular weight is 687 g/mol. The van der Waals surface area contributed by atoms with Crippen LogP contribution in [0.15, 0.2) is 24.3 Å². The number of thioether (sulfide) groups is 2. The number of carbonyl (C=O) groups is 3. The summed E-state index contributed by atoms with van der Waals surface area (Å²) in [4.78, 5) is 43.2. The van der Waals surface area contributed by atoms with Crippen molar-refractivity contribution in [1.29, 1.82) is 0 Å². The maximum Gasteiger partial charge on any atom is 0.256 e. The summed E-state index contributed by atoms with van der Waals surface area (Å²) in [6, 6.07) is 6.39. The van der Waals surface area contributed by atoms with Crippen LogP contribution in [0, 0.1) is 0 Å². The van der Waals surface area contributed by atoms with Gasteiger partial charge >= 0.3 is 0 Å². The second-order valence-electron chi connectivity index (χ2n) is 11.7. The fourth-order valence-electron chi connectivity index (χ4n) is 6.45. The van der Waals surface area contributed by atoms with Gasteiger partial charge in [0.05, 0.1) is 54.9 Å². The van der Waals surface area contributed by atoms with Crippen LogP contribution in [0.3, 0.4) is 0 Å². The van der Waals surface area contributed by atoms with Gasteiger partial charge in [-0.25, -0.2) is 0 Å². The summed E-state index contributed by atoms with van der Waals surface area (Å²) >= 11 is 3.80. The SMILES string of the molecule is CCSC(SCC)[C@@H]1CCCN1C(=O)c1cc(OC)c(OCCCCOc2cc3c(cc2OC)C(=O)N2CCC[C@H]2C(=O)N3)cc1N. The lowest BCUT2D eigenvalue weighted by Crippen LogP contribution is -2.41. The molecule has 0 radical (unpaired) electrons. The van der Waals surface area contributed by atoms with Crippen molar-refractivity contribution in [2.24, 2.45) is 0 Å². The van der Waals surface area contributed by atoms with E-state index in [1.54, 1.807) is 36.3 Å². The molecule has 5 rings (SSSR count). The van der Waals surface area contributed by atoms with Crippen LogP contribution in [0.4, 0.5) is 11.4 Å². The van der Waals surface area contributed by atoms with Gasteiger partial charge in [-0.3, -0.25) is 14.4 Å². The molecule has 3 heterocycles. The molecule has 3 amide bonds. The van der Waals surface area contributed by atoms with Gasteiger partial charge < -0.3 is 39.8 Å². The van der Waals surface area contributed by atoms with Crippen LogP contribution >= 0.6 is 23.5 Å². The van der Waals surface area contributed by atoms with Gasteiger partial charge in [0.15, 0.2) is 23.0 Å². The number of carbonyl (C=O) groups excluding carboxylic acids is 3. The van der Waals surface area contributed by atoms with Gasteiger partial charge in [-0.2, -0.15) is 0 Å². The molecule has 13 heteroatoms. The number of nitrogen functional groups attached to an aromatic ring is 1. The van der Waals surface area contributed by atoms with Crippen molar-refractivity contribution in [3.8, 4) is 23.0 Å². The molecule has 3 aliphatic heterocycles. The number of likely N-dealkylation sites (tertiary alicyclic amines) is 1. The highest BCUT2D eigenvalue weighted by atomic mass is 32.2. The number of nitrogens with two attached hydrogens (primary N) is 1. The van der Waals surface area contributed by atoms with Crippen LogP contribution < -0.4 is 30.0 Å². The number of anilines is 2. The van der Waals surface area contributed by atoms with E-state index >= 15 is 0 Å². The Balaban J connectivity index is 1.16. The van der Waals surface area contributed by atoms with Gasteiger partial charge in [0.25, 0.3) is 11.8 Å². The van der Waals surface area contributed by atoms with Crippen molar-refractivity contribution in [2.75, 3.05) is 63.1 Å². The number of hydrogen-bond donors (Lipinski definition) is 2. The fraction of sp³-hybridized carbons (Fsp3) is 0.559. The summed E-state index contributed by atoms with van der Waals surface area (Å²) in [5.74, 6) is 3.41. The molecule has 2 aromatic rings. The molecule has 47 heavy (non-hydrogen) atoms.